The van der Waals surface area contributed by atoms with Crippen LogP contribution in [0.15, 0.2) is 0 Å². The van der Waals surface area contributed by atoms with E-state index in [2.05, 4.69) is 6.92 Å². The Morgan fingerprint density at radius 3 is 2.25 bits per heavy atom. The normalized spacial score (nSPS) is 13.2. The molecule has 1 atom stereocenters. The molecule has 3 N–H and O–H groups in total. The summed E-state index contributed by atoms with van der Waals surface area (Å²) in [5, 5.41) is 9.14. The summed E-state index contributed by atoms with van der Waals surface area (Å²) in [5.41, 5.74) is 5.28. The quantitative estimate of drug-likeness (QED) is 0.552. The van der Waals surface area contributed by atoms with Gasteiger partial charge in [0.15, 0.2) is 0 Å². The SMILES string of the molecule is CCCCCCCCC(O)CN. The first kappa shape index (κ1) is 11.9. The Morgan fingerprint density at radius 1 is 1.08 bits per heavy atom. The lowest BCUT2D eigenvalue weighted by Gasteiger charge is -2.06. The molecule has 2 nitrogen and oxygen atoms in total. The van der Waals surface area contributed by atoms with Crippen molar-refractivity contribution >= 4 is 0 Å². The van der Waals surface area contributed by atoms with Crippen molar-refractivity contribution in [3.8, 4) is 0 Å². The molecular formula is C10H23NO. The topological polar surface area (TPSA) is 46.2 Å². The summed E-state index contributed by atoms with van der Waals surface area (Å²) in [4.78, 5) is 0. The van der Waals surface area contributed by atoms with Gasteiger partial charge < -0.3 is 10.8 Å². The van der Waals surface area contributed by atoms with E-state index in [1.54, 1.807) is 0 Å². The highest BCUT2D eigenvalue weighted by molar-refractivity contribution is 4.55. The van der Waals surface area contributed by atoms with Gasteiger partial charge in [0.25, 0.3) is 0 Å². The Bertz CT molecular complexity index is 85.9. The van der Waals surface area contributed by atoms with Crippen LogP contribution in [0, 0.1) is 0 Å². The van der Waals surface area contributed by atoms with Crippen LogP contribution in [0.5, 0.6) is 0 Å². The van der Waals surface area contributed by atoms with Crippen molar-refractivity contribution in [1.29, 1.82) is 0 Å². The molecule has 74 valence electrons. The molecule has 0 bridgehead atoms. The van der Waals surface area contributed by atoms with Gasteiger partial charge in [0.1, 0.15) is 0 Å². The molecule has 0 saturated carbocycles. The zero-order chi connectivity index (χ0) is 9.23. The van der Waals surface area contributed by atoms with Crippen molar-refractivity contribution in [3.63, 3.8) is 0 Å². The van der Waals surface area contributed by atoms with E-state index in [9.17, 15) is 0 Å². The molecule has 0 aromatic rings. The van der Waals surface area contributed by atoms with Gasteiger partial charge in [-0.3, -0.25) is 0 Å². The second kappa shape index (κ2) is 9.01. The summed E-state index contributed by atoms with van der Waals surface area (Å²) in [6, 6.07) is 0. The lowest BCUT2D eigenvalue weighted by Crippen LogP contribution is -2.19. The molecule has 0 rings (SSSR count). The molecule has 0 aliphatic heterocycles. The van der Waals surface area contributed by atoms with E-state index in [4.69, 9.17) is 10.8 Å². The molecule has 2 heteroatoms. The number of unbranched alkanes of at least 4 members (excludes halogenated alkanes) is 5. The van der Waals surface area contributed by atoms with E-state index in [0.29, 0.717) is 6.54 Å². The van der Waals surface area contributed by atoms with E-state index in [-0.39, 0.29) is 6.10 Å². The van der Waals surface area contributed by atoms with Gasteiger partial charge in [-0.1, -0.05) is 45.4 Å². The molecule has 0 aromatic heterocycles. The fraction of sp³-hybridized carbons (Fsp3) is 1.00. The minimum atomic E-state index is -0.267. The van der Waals surface area contributed by atoms with E-state index in [0.717, 1.165) is 12.8 Å². The van der Waals surface area contributed by atoms with Crippen LogP contribution >= 0.6 is 0 Å². The van der Waals surface area contributed by atoms with Crippen LogP contribution < -0.4 is 5.73 Å². The fourth-order valence-electron chi connectivity index (χ4n) is 1.28. The van der Waals surface area contributed by atoms with E-state index in [1.807, 2.05) is 0 Å². The summed E-state index contributed by atoms with van der Waals surface area (Å²) >= 11 is 0. The van der Waals surface area contributed by atoms with Crippen LogP contribution in [0.2, 0.25) is 0 Å². The van der Waals surface area contributed by atoms with E-state index >= 15 is 0 Å². The van der Waals surface area contributed by atoms with Crippen molar-refractivity contribution in [2.75, 3.05) is 6.54 Å². The molecule has 0 fully saturated rings. The number of aliphatic hydroxyl groups is 1. The summed E-state index contributed by atoms with van der Waals surface area (Å²) in [6.45, 7) is 2.63. The van der Waals surface area contributed by atoms with Gasteiger partial charge in [0, 0.05) is 6.54 Å². The summed E-state index contributed by atoms with van der Waals surface area (Å²) in [5.74, 6) is 0. The van der Waals surface area contributed by atoms with Gasteiger partial charge in [0.2, 0.25) is 0 Å². The van der Waals surface area contributed by atoms with Crippen LogP contribution in [-0.4, -0.2) is 17.8 Å². The van der Waals surface area contributed by atoms with Gasteiger partial charge in [-0.05, 0) is 6.42 Å². The maximum Gasteiger partial charge on any atom is 0.0662 e. The second-order valence-electron chi connectivity index (χ2n) is 3.45. The van der Waals surface area contributed by atoms with Gasteiger partial charge >= 0.3 is 0 Å². The minimum absolute atomic E-state index is 0.267. The number of aliphatic hydroxyl groups excluding tert-OH is 1. The van der Waals surface area contributed by atoms with Crippen LogP contribution in [0.25, 0.3) is 0 Å². The number of hydrogen-bond acceptors (Lipinski definition) is 2. The lowest BCUT2D eigenvalue weighted by molar-refractivity contribution is 0.168. The molecule has 0 amide bonds. The van der Waals surface area contributed by atoms with E-state index < -0.39 is 0 Å². The first-order valence-corrected chi connectivity index (χ1v) is 5.19. The first-order valence-electron chi connectivity index (χ1n) is 5.19. The third-order valence-corrected chi connectivity index (χ3v) is 2.16. The number of nitrogens with two attached hydrogens (primary N) is 1. The maximum atomic E-state index is 9.14. The summed E-state index contributed by atoms with van der Waals surface area (Å²) in [7, 11) is 0. The molecule has 0 aliphatic carbocycles. The molecule has 0 aliphatic rings. The number of rotatable bonds is 8. The standard InChI is InChI=1S/C10H23NO/c1-2-3-4-5-6-7-8-10(12)9-11/h10,12H,2-9,11H2,1H3. The Kier molecular flexibility index (Phi) is 8.95. The van der Waals surface area contributed by atoms with Crippen LogP contribution in [0.4, 0.5) is 0 Å². The molecule has 0 radical (unpaired) electrons. The second-order valence-corrected chi connectivity index (χ2v) is 3.45. The van der Waals surface area contributed by atoms with Crippen LogP contribution in [0.3, 0.4) is 0 Å². The minimum Gasteiger partial charge on any atom is -0.392 e. The van der Waals surface area contributed by atoms with E-state index in [1.165, 1.54) is 32.1 Å². The summed E-state index contributed by atoms with van der Waals surface area (Å²) < 4.78 is 0. The highest BCUT2D eigenvalue weighted by atomic mass is 16.3. The highest BCUT2D eigenvalue weighted by Gasteiger charge is 1.99. The van der Waals surface area contributed by atoms with Crippen LogP contribution in [-0.2, 0) is 0 Å². The Balaban J connectivity index is 2.90. The van der Waals surface area contributed by atoms with Gasteiger partial charge in [-0.15, -0.1) is 0 Å². The molecule has 0 spiro atoms. The molecular weight excluding hydrogens is 150 g/mol. The van der Waals surface area contributed by atoms with Crippen molar-refractivity contribution in [1.82, 2.24) is 0 Å². The maximum absolute atomic E-state index is 9.14. The zero-order valence-corrected chi connectivity index (χ0v) is 8.26. The van der Waals surface area contributed by atoms with Crippen LogP contribution in [0.1, 0.15) is 51.9 Å². The average Bonchev–Trinajstić information content (AvgIpc) is 2.10. The fourth-order valence-corrected chi connectivity index (χ4v) is 1.28. The molecule has 0 aromatic carbocycles. The van der Waals surface area contributed by atoms with Gasteiger partial charge in [-0.2, -0.15) is 0 Å². The first-order chi connectivity index (χ1) is 5.81. The predicted molar refractivity (Wildman–Crippen MR) is 53.1 cm³/mol. The monoisotopic (exact) mass is 173 g/mol. The smallest absolute Gasteiger partial charge is 0.0662 e. The lowest BCUT2D eigenvalue weighted by atomic mass is 10.1. The third kappa shape index (κ3) is 8.02. The zero-order valence-electron chi connectivity index (χ0n) is 8.26. The van der Waals surface area contributed by atoms with Crippen molar-refractivity contribution < 1.29 is 5.11 Å². The summed E-state index contributed by atoms with van der Waals surface area (Å²) in [6.07, 6.45) is 8.28. The highest BCUT2D eigenvalue weighted by Crippen LogP contribution is 2.07. The van der Waals surface area contributed by atoms with Crippen molar-refractivity contribution in [2.45, 2.75) is 58.0 Å². The average molecular weight is 173 g/mol. The molecule has 0 heterocycles. The van der Waals surface area contributed by atoms with Gasteiger partial charge in [-0.25, -0.2) is 0 Å². The Labute approximate surface area is 76.2 Å². The number of hydrogen-bond donors (Lipinski definition) is 2. The van der Waals surface area contributed by atoms with Crippen molar-refractivity contribution in [3.05, 3.63) is 0 Å². The van der Waals surface area contributed by atoms with Gasteiger partial charge in [0.05, 0.1) is 6.10 Å². The van der Waals surface area contributed by atoms with Crippen molar-refractivity contribution in [2.24, 2.45) is 5.73 Å². The molecule has 0 saturated heterocycles. The third-order valence-electron chi connectivity index (χ3n) is 2.16. The largest absolute Gasteiger partial charge is 0.392 e. The Hall–Kier alpha value is -0.0800. The molecule has 12 heavy (non-hydrogen) atoms. The predicted octanol–water partition coefficient (Wildman–Crippen LogP) is 2.06. The molecule has 1 unspecified atom stereocenters. The Morgan fingerprint density at radius 2 is 1.67 bits per heavy atom.